The van der Waals surface area contributed by atoms with Crippen LogP contribution in [0.1, 0.15) is 40.4 Å². The zero-order chi connectivity index (χ0) is 26.0. The predicted octanol–water partition coefficient (Wildman–Crippen LogP) is 5.41. The first kappa shape index (κ1) is 25.0. The van der Waals surface area contributed by atoms with Crippen LogP contribution in [0.25, 0.3) is 0 Å². The minimum atomic E-state index is -0.990. The molecule has 0 saturated carbocycles. The van der Waals surface area contributed by atoms with Crippen molar-refractivity contribution in [3.8, 4) is 0 Å². The van der Waals surface area contributed by atoms with E-state index in [9.17, 15) is 22.8 Å². The number of amides is 1. The largest absolute Gasteiger partial charge is 0.436 e. The molecule has 0 aliphatic carbocycles. The summed E-state index contributed by atoms with van der Waals surface area (Å²) in [7, 11) is 0. The zero-order valence-electron chi connectivity index (χ0n) is 20.2. The van der Waals surface area contributed by atoms with Crippen LogP contribution >= 0.6 is 0 Å². The fourth-order valence-corrected chi connectivity index (χ4v) is 5.66. The summed E-state index contributed by atoms with van der Waals surface area (Å²) in [5, 5.41) is 2.97. The Morgan fingerprint density at radius 3 is 2.03 bits per heavy atom. The molecule has 0 aromatic heterocycles. The van der Waals surface area contributed by atoms with Crippen molar-refractivity contribution in [2.75, 3.05) is 26.2 Å². The van der Waals surface area contributed by atoms with Crippen molar-refractivity contribution in [1.29, 1.82) is 0 Å². The molecule has 2 bridgehead atoms. The minimum absolute atomic E-state index is 0.0565. The number of nitrogens with zero attached hydrogens (tertiary/aromatic N) is 1. The second-order valence-corrected chi connectivity index (χ2v) is 10.0. The summed E-state index contributed by atoms with van der Waals surface area (Å²) in [6.45, 7) is 2.53. The summed E-state index contributed by atoms with van der Waals surface area (Å²) in [4.78, 5) is 26.0. The molecule has 3 aliphatic rings. The Morgan fingerprint density at radius 1 is 0.865 bits per heavy atom. The van der Waals surface area contributed by atoms with Crippen molar-refractivity contribution in [2.24, 2.45) is 5.92 Å². The van der Waals surface area contributed by atoms with Gasteiger partial charge in [0.2, 0.25) is 5.78 Å². The van der Waals surface area contributed by atoms with E-state index in [1.807, 2.05) is 0 Å². The molecule has 6 rings (SSSR count). The van der Waals surface area contributed by atoms with E-state index >= 15 is 0 Å². The van der Waals surface area contributed by atoms with Crippen molar-refractivity contribution in [2.45, 2.75) is 25.0 Å². The molecule has 0 unspecified atom stereocenters. The van der Waals surface area contributed by atoms with Gasteiger partial charge < -0.3 is 14.5 Å². The number of quaternary nitrogens is 1. The van der Waals surface area contributed by atoms with Crippen LogP contribution in [0.15, 0.2) is 72.8 Å². The Hall–Kier alpha value is -3.65. The Balaban J connectivity index is 1.29. The normalized spacial score (nSPS) is 22.6. The smallest absolute Gasteiger partial charge is 0.408 e. The third-order valence-electron chi connectivity index (χ3n) is 7.58. The quantitative estimate of drug-likeness (QED) is 0.342. The first-order valence-corrected chi connectivity index (χ1v) is 12.4. The molecule has 192 valence electrons. The van der Waals surface area contributed by atoms with Crippen LogP contribution in [0.5, 0.6) is 0 Å². The van der Waals surface area contributed by atoms with E-state index in [2.05, 4.69) is 5.32 Å². The molecule has 1 amide bonds. The highest BCUT2D eigenvalue weighted by atomic mass is 19.1. The lowest BCUT2D eigenvalue weighted by molar-refractivity contribution is -0.936. The molecule has 0 spiro atoms. The number of fused-ring (bicyclic) bond motifs is 3. The zero-order valence-corrected chi connectivity index (χ0v) is 20.2. The number of rotatable bonds is 7. The third kappa shape index (κ3) is 5.69. The molecule has 3 aromatic carbocycles. The van der Waals surface area contributed by atoms with Crippen LogP contribution in [0.3, 0.4) is 0 Å². The number of carbonyl (C=O) groups excluding carboxylic acids is 2. The molecule has 3 heterocycles. The molecule has 3 saturated heterocycles. The van der Waals surface area contributed by atoms with Gasteiger partial charge in [0, 0.05) is 18.4 Å². The Labute approximate surface area is 213 Å². The summed E-state index contributed by atoms with van der Waals surface area (Å²) in [6.07, 6.45) is 0.0496. The van der Waals surface area contributed by atoms with Crippen LogP contribution in [0, 0.1) is 23.4 Å². The van der Waals surface area contributed by atoms with Gasteiger partial charge in [-0.15, -0.1) is 0 Å². The minimum Gasteiger partial charge on any atom is -0.436 e. The standard InChI is InChI=1S/C29H27F3N2O3/c30-23-9-7-20(8-10-23)27(35)18-34-13-11-19(12-14-34)26(17-34)33-29(36)37-28(21-3-1-5-24(31)15-21)22-4-2-6-25(32)16-22/h1-10,15-16,19,26,28H,11-14,17-18H2/p+1/t19?,26-,34?/m0/s1. The number of ether oxygens (including phenoxy) is 1. The summed E-state index contributed by atoms with van der Waals surface area (Å²) in [5.74, 6) is -1.16. The lowest BCUT2D eigenvalue weighted by Crippen LogP contribution is -2.68. The first-order valence-electron chi connectivity index (χ1n) is 12.4. The number of carbonyl (C=O) groups is 2. The summed E-state index contributed by atoms with van der Waals surface area (Å²) in [6, 6.07) is 16.7. The SMILES string of the molecule is O=C(N[C@H]1C[N+]2(CC(=O)c3ccc(F)cc3)CCC1CC2)OC(c1cccc(F)c1)c1cccc(F)c1. The Morgan fingerprint density at radius 2 is 1.46 bits per heavy atom. The molecule has 8 heteroatoms. The summed E-state index contributed by atoms with van der Waals surface area (Å²) >= 11 is 0. The maximum atomic E-state index is 13.9. The van der Waals surface area contributed by atoms with E-state index < -0.39 is 23.8 Å². The first-order chi connectivity index (χ1) is 17.8. The van der Waals surface area contributed by atoms with Gasteiger partial charge in [-0.1, -0.05) is 24.3 Å². The molecule has 0 radical (unpaired) electrons. The van der Waals surface area contributed by atoms with Gasteiger partial charge in [-0.3, -0.25) is 4.79 Å². The molecule has 5 nitrogen and oxygen atoms in total. The van der Waals surface area contributed by atoms with Gasteiger partial charge in [0.25, 0.3) is 0 Å². The number of Topliss-reactive ketones (excluding diaryl/α,β-unsaturated/α-hetero) is 1. The van der Waals surface area contributed by atoms with Gasteiger partial charge >= 0.3 is 6.09 Å². The van der Waals surface area contributed by atoms with Crippen molar-refractivity contribution in [3.63, 3.8) is 0 Å². The van der Waals surface area contributed by atoms with E-state index in [4.69, 9.17) is 4.74 Å². The number of benzene rings is 3. The molecule has 3 aromatic rings. The molecular formula is C29H28F3N2O3+. The van der Waals surface area contributed by atoms with E-state index in [1.54, 1.807) is 12.1 Å². The maximum absolute atomic E-state index is 13.9. The number of halogens is 3. The fourth-order valence-electron chi connectivity index (χ4n) is 5.66. The molecule has 37 heavy (non-hydrogen) atoms. The van der Waals surface area contributed by atoms with Gasteiger partial charge in [-0.2, -0.15) is 0 Å². The van der Waals surface area contributed by atoms with Crippen molar-refractivity contribution in [3.05, 3.63) is 107 Å². The average molecular weight is 510 g/mol. The second kappa shape index (κ2) is 10.4. The predicted molar refractivity (Wildman–Crippen MR) is 131 cm³/mol. The highest BCUT2D eigenvalue weighted by molar-refractivity contribution is 5.97. The highest BCUT2D eigenvalue weighted by Gasteiger charge is 2.47. The third-order valence-corrected chi connectivity index (χ3v) is 7.58. The number of ketones is 1. The molecule has 3 fully saturated rings. The summed E-state index contributed by atoms with van der Waals surface area (Å²) < 4.78 is 47.5. The number of hydrogen-bond donors (Lipinski definition) is 1. The van der Waals surface area contributed by atoms with E-state index in [0.717, 1.165) is 25.9 Å². The lowest BCUT2D eigenvalue weighted by Gasteiger charge is -2.52. The van der Waals surface area contributed by atoms with Crippen LogP contribution in [-0.4, -0.2) is 48.6 Å². The van der Waals surface area contributed by atoms with Crippen LogP contribution in [0.2, 0.25) is 0 Å². The number of hydrogen-bond acceptors (Lipinski definition) is 3. The van der Waals surface area contributed by atoms with E-state index in [1.165, 1.54) is 60.7 Å². The Bertz CT molecular complexity index is 1240. The molecule has 1 atom stereocenters. The monoisotopic (exact) mass is 509 g/mol. The highest BCUT2D eigenvalue weighted by Crippen LogP contribution is 2.35. The van der Waals surface area contributed by atoms with E-state index in [-0.39, 0.29) is 30.1 Å². The van der Waals surface area contributed by atoms with Crippen molar-refractivity contribution < 1.29 is 32.0 Å². The van der Waals surface area contributed by atoms with Crippen molar-refractivity contribution in [1.82, 2.24) is 5.32 Å². The topological polar surface area (TPSA) is 55.4 Å². The average Bonchev–Trinajstić information content (AvgIpc) is 2.88. The van der Waals surface area contributed by atoms with Gasteiger partial charge in [0.05, 0.1) is 25.7 Å². The van der Waals surface area contributed by atoms with Gasteiger partial charge in [-0.05, 0) is 65.6 Å². The van der Waals surface area contributed by atoms with Crippen LogP contribution in [0.4, 0.5) is 18.0 Å². The number of alkyl carbamates (subject to hydrolysis) is 1. The molecule has 3 aliphatic heterocycles. The summed E-state index contributed by atoms with van der Waals surface area (Å²) in [5.41, 5.74) is 1.25. The van der Waals surface area contributed by atoms with Crippen molar-refractivity contribution >= 4 is 11.9 Å². The van der Waals surface area contributed by atoms with Crippen LogP contribution < -0.4 is 5.32 Å². The van der Waals surface area contributed by atoms with Gasteiger partial charge in [0.1, 0.15) is 24.0 Å². The van der Waals surface area contributed by atoms with Gasteiger partial charge in [-0.25, -0.2) is 18.0 Å². The Kier molecular flexibility index (Phi) is 7.02. The molecule has 1 N–H and O–H groups in total. The fraction of sp³-hybridized carbons (Fsp3) is 0.310. The van der Waals surface area contributed by atoms with Gasteiger partial charge in [0.15, 0.2) is 6.10 Å². The van der Waals surface area contributed by atoms with Crippen LogP contribution in [-0.2, 0) is 4.74 Å². The number of nitrogens with one attached hydrogen (secondary N) is 1. The second-order valence-electron chi connectivity index (χ2n) is 10.0. The van der Waals surface area contributed by atoms with E-state index in [0.29, 0.717) is 27.7 Å². The number of piperidine rings is 3. The lowest BCUT2D eigenvalue weighted by atomic mass is 9.81. The molecular weight excluding hydrogens is 481 g/mol. The maximum Gasteiger partial charge on any atom is 0.408 e.